The highest BCUT2D eigenvalue weighted by molar-refractivity contribution is 7.92. The molecule has 0 unspecified atom stereocenters. The largest absolute Gasteiger partial charge is 0.455 e. The third-order valence-corrected chi connectivity index (χ3v) is 7.82. The molecule has 1 heterocycles. The van der Waals surface area contributed by atoms with E-state index in [0.29, 0.717) is 4.31 Å². The third-order valence-electron chi connectivity index (χ3n) is 6.64. The molecule has 4 rings (SSSR count). The number of alkyl halides is 6. The number of halogens is 7. The minimum Gasteiger partial charge on any atom is -0.455 e. The van der Waals surface area contributed by atoms with E-state index in [2.05, 4.69) is 5.32 Å². The normalized spacial score (nSPS) is 12.3. The highest BCUT2D eigenvalue weighted by Gasteiger charge is 2.57. The molecule has 0 saturated heterocycles. The van der Waals surface area contributed by atoms with Crippen molar-refractivity contribution < 1.29 is 53.2 Å². The number of anilines is 1. The number of fused-ring (bicyclic) bond motifs is 1. The van der Waals surface area contributed by atoms with Crippen molar-refractivity contribution in [1.82, 2.24) is 10.6 Å². The van der Waals surface area contributed by atoms with E-state index in [4.69, 9.17) is 4.42 Å². The Morgan fingerprint density at radius 2 is 1.60 bits per heavy atom. The van der Waals surface area contributed by atoms with Crippen LogP contribution >= 0.6 is 0 Å². The first-order valence-corrected chi connectivity index (χ1v) is 14.8. The molecule has 0 fully saturated rings. The van der Waals surface area contributed by atoms with Gasteiger partial charge in [-0.1, -0.05) is 12.1 Å². The Labute approximate surface area is 251 Å². The fourth-order valence-electron chi connectivity index (χ4n) is 4.49. The van der Waals surface area contributed by atoms with Gasteiger partial charge in [-0.2, -0.15) is 22.0 Å². The molecule has 8 nitrogen and oxygen atoms in total. The van der Waals surface area contributed by atoms with Crippen molar-refractivity contribution in [2.24, 2.45) is 0 Å². The molecule has 2 N–H and O–H groups in total. The minimum absolute atomic E-state index is 0.00764. The molecular weight excluding hydrogens is 635 g/mol. The summed E-state index contributed by atoms with van der Waals surface area (Å²) in [5.41, 5.74) is -0.234. The van der Waals surface area contributed by atoms with Crippen LogP contribution in [-0.2, 0) is 10.0 Å². The molecule has 0 radical (unpaired) electrons. The molecule has 0 aliphatic heterocycles. The lowest BCUT2D eigenvalue weighted by Gasteiger charge is -2.24. The van der Waals surface area contributed by atoms with Crippen molar-refractivity contribution in [2.45, 2.75) is 12.1 Å². The number of sulfonamides is 1. The van der Waals surface area contributed by atoms with Gasteiger partial charge in [0.25, 0.3) is 11.8 Å². The first-order valence-electron chi connectivity index (χ1n) is 12.9. The highest BCUT2D eigenvalue weighted by atomic mass is 32.2. The quantitative estimate of drug-likeness (QED) is 0.205. The van der Waals surface area contributed by atoms with E-state index in [-0.39, 0.29) is 50.2 Å². The SMILES string of the molecule is CNC(=O)c1c(-c2ccc(F)cc2)oc2cc(N(CCF)S(C)(=O)=O)c(-c3cccc(C(=O)NCC(F)(F)C(F)(F)F)c3)cc12. The van der Waals surface area contributed by atoms with Gasteiger partial charge < -0.3 is 15.1 Å². The first kappa shape index (κ1) is 33.3. The zero-order valence-electron chi connectivity index (χ0n) is 23.4. The Kier molecular flexibility index (Phi) is 9.19. The van der Waals surface area contributed by atoms with E-state index in [1.54, 1.807) is 0 Å². The lowest BCUT2D eigenvalue weighted by molar-refractivity contribution is -0.278. The van der Waals surface area contributed by atoms with Gasteiger partial charge in [0, 0.05) is 35.2 Å². The number of benzene rings is 3. The predicted octanol–water partition coefficient (Wildman–Crippen LogP) is 5.93. The number of amides is 2. The van der Waals surface area contributed by atoms with Crippen LogP contribution in [0, 0.1) is 5.82 Å². The fourth-order valence-corrected chi connectivity index (χ4v) is 5.40. The zero-order valence-corrected chi connectivity index (χ0v) is 24.3. The average Bonchev–Trinajstić information content (AvgIpc) is 3.35. The van der Waals surface area contributed by atoms with Gasteiger partial charge in [-0.25, -0.2) is 17.2 Å². The van der Waals surface area contributed by atoms with Gasteiger partial charge in [0.1, 0.15) is 23.8 Å². The third kappa shape index (κ3) is 6.90. The smallest absolute Gasteiger partial charge is 0.455 e. The molecule has 4 aromatic rings. The number of rotatable bonds is 10. The second-order valence-electron chi connectivity index (χ2n) is 9.75. The Bertz CT molecular complexity index is 1860. The number of carbonyl (C=O) groups excluding carboxylic acids is 2. The summed E-state index contributed by atoms with van der Waals surface area (Å²) in [6.07, 6.45) is -5.10. The first-order chi connectivity index (χ1) is 21.0. The standard InChI is InChI=1S/C29H24F7N3O5S/c1-37-27(41)24-21-13-20(17-4-3-5-18(12-17)26(40)38-15-28(32,33)29(34,35)36)22(39(11-10-30)45(2,42)43)14-23(21)44-25(24)16-6-8-19(31)9-7-16/h3-9,12-14H,10-11,15H2,1-2H3,(H,37,41)(H,38,40). The van der Waals surface area contributed by atoms with Crippen LogP contribution in [0.3, 0.4) is 0 Å². The molecular formula is C29H24F7N3O5S. The second kappa shape index (κ2) is 12.4. The van der Waals surface area contributed by atoms with Gasteiger partial charge in [0.2, 0.25) is 10.0 Å². The molecule has 240 valence electrons. The van der Waals surface area contributed by atoms with Crippen LogP contribution in [0.2, 0.25) is 0 Å². The van der Waals surface area contributed by atoms with Crippen molar-refractivity contribution in [1.29, 1.82) is 0 Å². The van der Waals surface area contributed by atoms with Crippen molar-refractivity contribution in [3.63, 3.8) is 0 Å². The maximum atomic E-state index is 13.6. The summed E-state index contributed by atoms with van der Waals surface area (Å²) in [6.45, 7) is -3.81. The van der Waals surface area contributed by atoms with E-state index >= 15 is 0 Å². The van der Waals surface area contributed by atoms with Crippen molar-refractivity contribution in [2.75, 3.05) is 37.4 Å². The van der Waals surface area contributed by atoms with Gasteiger partial charge in [-0.05, 0) is 48.0 Å². The van der Waals surface area contributed by atoms with Crippen LogP contribution in [-0.4, -0.2) is 65.4 Å². The monoisotopic (exact) mass is 659 g/mol. The molecule has 0 saturated carbocycles. The molecule has 3 aromatic carbocycles. The van der Waals surface area contributed by atoms with Crippen LogP contribution in [0.15, 0.2) is 65.1 Å². The number of carbonyl (C=O) groups is 2. The maximum absolute atomic E-state index is 13.6. The van der Waals surface area contributed by atoms with Gasteiger partial charge >= 0.3 is 12.1 Å². The van der Waals surface area contributed by atoms with Gasteiger partial charge in [-0.3, -0.25) is 13.9 Å². The molecule has 0 atom stereocenters. The van der Waals surface area contributed by atoms with Crippen molar-refractivity contribution >= 4 is 38.5 Å². The minimum atomic E-state index is -5.90. The topological polar surface area (TPSA) is 109 Å². The fraction of sp³-hybridized carbons (Fsp3) is 0.241. The predicted molar refractivity (Wildman–Crippen MR) is 152 cm³/mol. The Morgan fingerprint density at radius 1 is 0.933 bits per heavy atom. The Morgan fingerprint density at radius 3 is 2.18 bits per heavy atom. The van der Waals surface area contributed by atoms with Crippen LogP contribution in [0.4, 0.5) is 36.4 Å². The van der Waals surface area contributed by atoms with Crippen molar-refractivity contribution in [3.8, 4) is 22.5 Å². The van der Waals surface area contributed by atoms with E-state index < -0.39 is 59.5 Å². The summed E-state index contributed by atoms with van der Waals surface area (Å²) in [5.74, 6) is -7.72. The van der Waals surface area contributed by atoms with Crippen LogP contribution < -0.4 is 14.9 Å². The summed E-state index contributed by atoms with van der Waals surface area (Å²) in [7, 11) is -2.83. The molecule has 0 aliphatic rings. The maximum Gasteiger partial charge on any atom is 0.455 e. The molecule has 0 aliphatic carbocycles. The lowest BCUT2D eigenvalue weighted by Crippen LogP contribution is -2.46. The summed E-state index contributed by atoms with van der Waals surface area (Å²) < 4.78 is 124. The molecule has 0 spiro atoms. The summed E-state index contributed by atoms with van der Waals surface area (Å²) >= 11 is 0. The number of hydrogen-bond donors (Lipinski definition) is 2. The van der Waals surface area contributed by atoms with Crippen LogP contribution in [0.25, 0.3) is 33.4 Å². The number of nitrogens with zero attached hydrogens (tertiary/aromatic N) is 1. The molecule has 45 heavy (non-hydrogen) atoms. The van der Waals surface area contributed by atoms with Crippen LogP contribution in [0.5, 0.6) is 0 Å². The van der Waals surface area contributed by atoms with E-state index in [9.17, 15) is 48.7 Å². The highest BCUT2D eigenvalue weighted by Crippen LogP contribution is 2.42. The second-order valence-corrected chi connectivity index (χ2v) is 11.7. The number of hydrogen-bond acceptors (Lipinski definition) is 5. The van der Waals surface area contributed by atoms with Crippen molar-refractivity contribution in [3.05, 3.63) is 77.6 Å². The average molecular weight is 660 g/mol. The lowest BCUT2D eigenvalue weighted by atomic mass is 9.97. The Hall–Kier alpha value is -4.60. The summed E-state index contributed by atoms with van der Waals surface area (Å²) in [5, 5.41) is 4.12. The zero-order chi connectivity index (χ0) is 33.3. The number of furan rings is 1. The van der Waals surface area contributed by atoms with Gasteiger partial charge in [0.05, 0.1) is 30.6 Å². The number of nitrogens with one attached hydrogen (secondary N) is 2. The van der Waals surface area contributed by atoms with Crippen LogP contribution in [0.1, 0.15) is 20.7 Å². The molecule has 2 amide bonds. The van der Waals surface area contributed by atoms with E-state index in [1.807, 2.05) is 0 Å². The molecule has 0 bridgehead atoms. The Balaban J connectivity index is 1.95. The van der Waals surface area contributed by atoms with E-state index in [0.717, 1.165) is 30.5 Å². The molecule has 16 heteroatoms. The van der Waals surface area contributed by atoms with E-state index in [1.165, 1.54) is 48.8 Å². The summed E-state index contributed by atoms with van der Waals surface area (Å²) in [6, 6.07) is 12.4. The molecule has 1 aromatic heterocycles. The van der Waals surface area contributed by atoms with Gasteiger partial charge in [-0.15, -0.1) is 0 Å². The van der Waals surface area contributed by atoms with Gasteiger partial charge in [0.15, 0.2) is 0 Å². The summed E-state index contributed by atoms with van der Waals surface area (Å²) in [4.78, 5) is 25.6.